The lowest BCUT2D eigenvalue weighted by molar-refractivity contribution is 0.0696. The van der Waals surface area contributed by atoms with E-state index < -0.39 is 0 Å². The van der Waals surface area contributed by atoms with Crippen molar-refractivity contribution in [2.24, 2.45) is 0 Å². The molecule has 24 heavy (non-hydrogen) atoms. The van der Waals surface area contributed by atoms with Crippen molar-refractivity contribution in [1.29, 1.82) is 0 Å². The fraction of sp³-hybridized carbons (Fsp3) is 0.333. The number of hydrogen-bond acceptors (Lipinski definition) is 4. The summed E-state index contributed by atoms with van der Waals surface area (Å²) < 4.78 is 5.29. The fourth-order valence-corrected chi connectivity index (χ4v) is 3.20. The Morgan fingerprint density at radius 3 is 2.50 bits per heavy atom. The van der Waals surface area contributed by atoms with Gasteiger partial charge in [-0.15, -0.1) is 11.3 Å². The monoisotopic (exact) mass is 344 g/mol. The van der Waals surface area contributed by atoms with Crippen LogP contribution in [0, 0.1) is 0 Å². The second-order valence-electron chi connectivity index (χ2n) is 5.72. The van der Waals surface area contributed by atoms with Crippen LogP contribution < -0.4 is 10.6 Å². The molecule has 1 saturated heterocycles. The van der Waals surface area contributed by atoms with Gasteiger partial charge in [-0.2, -0.15) is 0 Å². The molecule has 0 saturated carbocycles. The Morgan fingerprint density at radius 1 is 1.08 bits per heavy atom. The van der Waals surface area contributed by atoms with Crippen molar-refractivity contribution in [3.63, 3.8) is 0 Å². The van der Waals surface area contributed by atoms with Crippen LogP contribution in [0.5, 0.6) is 0 Å². The van der Waals surface area contributed by atoms with Gasteiger partial charge in [-0.3, -0.25) is 9.59 Å². The molecule has 0 unspecified atom stereocenters. The van der Waals surface area contributed by atoms with E-state index in [1.165, 1.54) is 11.3 Å². The van der Waals surface area contributed by atoms with Gasteiger partial charge in [0.2, 0.25) is 0 Å². The number of ether oxygens (including phenoxy) is 1. The highest BCUT2D eigenvalue weighted by Gasteiger charge is 2.16. The molecule has 5 nitrogen and oxygen atoms in total. The average molecular weight is 344 g/mol. The molecule has 2 heterocycles. The van der Waals surface area contributed by atoms with E-state index in [1.807, 2.05) is 23.6 Å². The second kappa shape index (κ2) is 8.08. The summed E-state index contributed by atoms with van der Waals surface area (Å²) in [6, 6.07) is 11.2. The molecule has 1 aliphatic rings. The molecule has 1 aliphatic heterocycles. The zero-order chi connectivity index (χ0) is 16.8. The minimum atomic E-state index is -0.0775. The number of thiophene rings is 1. The molecule has 1 aromatic heterocycles. The Hall–Kier alpha value is -2.18. The smallest absolute Gasteiger partial charge is 0.261 e. The standard InChI is InChI=1S/C18H20N2O3S/c21-17(20-15-7-9-23-10-8-15)14-5-3-13(4-6-14)12-19-18(22)16-2-1-11-24-16/h1-6,11,15H,7-10,12H2,(H,19,22)(H,20,21). The molecule has 6 heteroatoms. The van der Waals surface area contributed by atoms with Crippen LogP contribution in [-0.2, 0) is 11.3 Å². The summed E-state index contributed by atoms with van der Waals surface area (Å²) in [6.07, 6.45) is 1.72. The maximum Gasteiger partial charge on any atom is 0.261 e. The summed E-state index contributed by atoms with van der Waals surface area (Å²) in [5.41, 5.74) is 1.59. The average Bonchev–Trinajstić information content (AvgIpc) is 3.16. The zero-order valence-corrected chi connectivity index (χ0v) is 14.1. The molecule has 2 amide bonds. The summed E-state index contributed by atoms with van der Waals surface area (Å²) in [6.45, 7) is 1.85. The first kappa shape index (κ1) is 16.7. The molecule has 2 aromatic rings. The Kier molecular flexibility index (Phi) is 5.61. The van der Waals surface area contributed by atoms with Crippen molar-refractivity contribution >= 4 is 23.2 Å². The summed E-state index contributed by atoms with van der Waals surface area (Å²) in [5, 5.41) is 7.78. The van der Waals surface area contributed by atoms with Gasteiger partial charge >= 0.3 is 0 Å². The minimum Gasteiger partial charge on any atom is -0.381 e. The lowest BCUT2D eigenvalue weighted by Crippen LogP contribution is -2.38. The normalized spacial score (nSPS) is 15.0. The molecular weight excluding hydrogens is 324 g/mol. The minimum absolute atomic E-state index is 0.0592. The third-order valence-corrected chi connectivity index (χ3v) is 4.84. The third-order valence-electron chi connectivity index (χ3n) is 3.97. The second-order valence-corrected chi connectivity index (χ2v) is 6.66. The molecule has 0 radical (unpaired) electrons. The van der Waals surface area contributed by atoms with Crippen molar-refractivity contribution in [1.82, 2.24) is 10.6 Å². The van der Waals surface area contributed by atoms with Gasteiger partial charge in [-0.05, 0) is 42.0 Å². The molecule has 0 atom stereocenters. The van der Waals surface area contributed by atoms with E-state index in [1.54, 1.807) is 18.2 Å². The number of hydrogen-bond donors (Lipinski definition) is 2. The predicted molar refractivity (Wildman–Crippen MR) is 93.2 cm³/mol. The summed E-state index contributed by atoms with van der Waals surface area (Å²) in [4.78, 5) is 24.8. The molecule has 0 bridgehead atoms. The quantitative estimate of drug-likeness (QED) is 0.876. The van der Waals surface area contributed by atoms with Gasteiger partial charge in [0.1, 0.15) is 0 Å². The first-order valence-corrected chi connectivity index (χ1v) is 8.89. The Morgan fingerprint density at radius 2 is 1.83 bits per heavy atom. The van der Waals surface area contributed by atoms with E-state index in [9.17, 15) is 9.59 Å². The first-order chi connectivity index (χ1) is 11.7. The number of carbonyl (C=O) groups excluding carboxylic acids is 2. The molecule has 0 aliphatic carbocycles. The van der Waals surface area contributed by atoms with Gasteiger partial charge in [0.05, 0.1) is 4.88 Å². The number of nitrogens with one attached hydrogen (secondary N) is 2. The van der Waals surface area contributed by atoms with Gasteiger partial charge in [0.15, 0.2) is 0 Å². The van der Waals surface area contributed by atoms with Crippen LogP contribution >= 0.6 is 11.3 Å². The van der Waals surface area contributed by atoms with Crippen LogP contribution in [0.2, 0.25) is 0 Å². The van der Waals surface area contributed by atoms with Crippen LogP contribution in [0.15, 0.2) is 41.8 Å². The SMILES string of the molecule is O=C(NC1CCOCC1)c1ccc(CNC(=O)c2cccs2)cc1. The molecule has 2 N–H and O–H groups in total. The first-order valence-electron chi connectivity index (χ1n) is 8.01. The number of benzene rings is 1. The van der Waals surface area contributed by atoms with Gasteiger partial charge in [-0.1, -0.05) is 18.2 Å². The fourth-order valence-electron chi connectivity index (χ4n) is 2.56. The zero-order valence-electron chi connectivity index (χ0n) is 13.3. The molecule has 1 aromatic carbocycles. The van der Waals surface area contributed by atoms with E-state index in [0.29, 0.717) is 30.2 Å². The van der Waals surface area contributed by atoms with E-state index in [-0.39, 0.29) is 17.9 Å². The van der Waals surface area contributed by atoms with Crippen LogP contribution in [0.4, 0.5) is 0 Å². The van der Waals surface area contributed by atoms with Gasteiger partial charge < -0.3 is 15.4 Å². The molecular formula is C18H20N2O3S. The van der Waals surface area contributed by atoms with Crippen molar-refractivity contribution < 1.29 is 14.3 Å². The van der Waals surface area contributed by atoms with Gasteiger partial charge in [0, 0.05) is 31.4 Å². The molecule has 3 rings (SSSR count). The van der Waals surface area contributed by atoms with E-state index in [2.05, 4.69) is 10.6 Å². The number of carbonyl (C=O) groups is 2. The largest absolute Gasteiger partial charge is 0.381 e. The topological polar surface area (TPSA) is 67.4 Å². The summed E-state index contributed by atoms with van der Waals surface area (Å²) >= 11 is 1.42. The van der Waals surface area contributed by atoms with E-state index in [0.717, 1.165) is 18.4 Å². The lowest BCUT2D eigenvalue weighted by Gasteiger charge is -2.23. The van der Waals surface area contributed by atoms with Crippen molar-refractivity contribution in [3.05, 3.63) is 57.8 Å². The Labute approximate surface area is 145 Å². The molecule has 126 valence electrons. The Bertz CT molecular complexity index is 677. The van der Waals surface area contributed by atoms with E-state index in [4.69, 9.17) is 4.74 Å². The highest BCUT2D eigenvalue weighted by atomic mass is 32.1. The highest BCUT2D eigenvalue weighted by Crippen LogP contribution is 2.11. The molecule has 0 spiro atoms. The van der Waals surface area contributed by atoms with Crippen molar-refractivity contribution in [2.75, 3.05) is 13.2 Å². The van der Waals surface area contributed by atoms with Crippen molar-refractivity contribution in [2.45, 2.75) is 25.4 Å². The maximum absolute atomic E-state index is 12.2. The van der Waals surface area contributed by atoms with Crippen LogP contribution in [0.1, 0.15) is 38.4 Å². The van der Waals surface area contributed by atoms with Gasteiger partial charge in [-0.25, -0.2) is 0 Å². The van der Waals surface area contributed by atoms with E-state index >= 15 is 0 Å². The molecule has 1 fully saturated rings. The summed E-state index contributed by atoms with van der Waals surface area (Å²) in [7, 11) is 0. The maximum atomic E-state index is 12.2. The van der Waals surface area contributed by atoms with Crippen LogP contribution in [0.25, 0.3) is 0 Å². The number of amides is 2. The van der Waals surface area contributed by atoms with Crippen LogP contribution in [0.3, 0.4) is 0 Å². The van der Waals surface area contributed by atoms with Crippen LogP contribution in [-0.4, -0.2) is 31.1 Å². The lowest BCUT2D eigenvalue weighted by atomic mass is 10.1. The van der Waals surface area contributed by atoms with Gasteiger partial charge in [0.25, 0.3) is 11.8 Å². The third kappa shape index (κ3) is 4.43. The number of rotatable bonds is 5. The van der Waals surface area contributed by atoms with Crippen molar-refractivity contribution in [3.8, 4) is 0 Å². The highest BCUT2D eigenvalue weighted by molar-refractivity contribution is 7.12. The Balaban J connectivity index is 1.51. The summed E-state index contributed by atoms with van der Waals surface area (Å²) in [5.74, 6) is -0.137. The predicted octanol–water partition coefficient (Wildman–Crippen LogP) is 2.59.